The number of fused-ring (bicyclic) bond motifs is 6. The Kier molecular flexibility index (Phi) is 8.78. The summed E-state index contributed by atoms with van der Waals surface area (Å²) in [5.74, 6) is 1.15. The van der Waals surface area contributed by atoms with Gasteiger partial charge in [-0.2, -0.15) is 0 Å². The summed E-state index contributed by atoms with van der Waals surface area (Å²) in [4.78, 5) is 0. The van der Waals surface area contributed by atoms with Crippen LogP contribution in [0, 0.1) is 38.9 Å². The fourth-order valence-electron chi connectivity index (χ4n) is 10.4. The first-order valence-electron chi connectivity index (χ1n) is 16.3. The molecular formula is C40H54Cl2Zr. The molecule has 1 aromatic carbocycles. The summed E-state index contributed by atoms with van der Waals surface area (Å²) in [6.45, 7) is 33.7. The van der Waals surface area contributed by atoms with E-state index in [1.54, 1.807) is 33.4 Å². The molecule has 0 radical (unpaired) electrons. The van der Waals surface area contributed by atoms with Gasteiger partial charge in [0.25, 0.3) is 0 Å². The van der Waals surface area contributed by atoms with Crippen molar-refractivity contribution in [2.75, 3.05) is 0 Å². The van der Waals surface area contributed by atoms with Gasteiger partial charge in [-0.1, -0.05) is 0 Å². The normalized spacial score (nSPS) is 33.0. The molecule has 4 unspecified atom stereocenters. The smallest absolute Gasteiger partial charge is 1.00 e. The van der Waals surface area contributed by atoms with Gasteiger partial charge in [-0.15, -0.1) is 0 Å². The van der Waals surface area contributed by atoms with Gasteiger partial charge < -0.3 is 24.8 Å². The van der Waals surface area contributed by atoms with Crippen LogP contribution in [0.25, 0.3) is 5.57 Å². The van der Waals surface area contributed by atoms with E-state index in [1.807, 2.05) is 8.85 Å². The van der Waals surface area contributed by atoms with Gasteiger partial charge >= 0.3 is 265 Å². The van der Waals surface area contributed by atoms with Gasteiger partial charge in [0.2, 0.25) is 0 Å². The van der Waals surface area contributed by atoms with Crippen molar-refractivity contribution in [3.05, 3.63) is 84.8 Å². The monoisotopic (exact) mass is 694 g/mol. The molecule has 5 aliphatic carbocycles. The predicted octanol–water partition coefficient (Wildman–Crippen LogP) is 5.54. The average Bonchev–Trinajstić information content (AvgIpc) is 3.40. The number of hydrogen-bond acceptors (Lipinski definition) is 0. The van der Waals surface area contributed by atoms with Crippen molar-refractivity contribution in [1.82, 2.24) is 0 Å². The quantitative estimate of drug-likeness (QED) is 0.382. The van der Waals surface area contributed by atoms with Crippen LogP contribution in [0.3, 0.4) is 0 Å². The molecule has 0 amide bonds. The van der Waals surface area contributed by atoms with Gasteiger partial charge in [0, 0.05) is 0 Å². The fourth-order valence-corrected chi connectivity index (χ4v) is 16.1. The van der Waals surface area contributed by atoms with Crippen molar-refractivity contribution >= 4 is 5.57 Å². The number of halogens is 2. The van der Waals surface area contributed by atoms with Crippen LogP contribution in [0.4, 0.5) is 0 Å². The van der Waals surface area contributed by atoms with E-state index in [1.165, 1.54) is 18.4 Å². The maximum Gasteiger partial charge on any atom is -1.00 e. The summed E-state index contributed by atoms with van der Waals surface area (Å²) in [6, 6.07) is 9.39. The minimum atomic E-state index is -1.10. The fraction of sp³-hybridized carbons (Fsp3) is 0.600. The maximum absolute atomic E-state index is 2.78. The van der Waals surface area contributed by atoms with E-state index in [0.717, 1.165) is 6.42 Å². The Hall–Kier alpha value is -0.617. The Balaban J connectivity index is 0.00000212. The average molecular weight is 697 g/mol. The molecule has 4 atom stereocenters. The molecule has 232 valence electrons. The molecule has 1 saturated carbocycles. The summed E-state index contributed by atoms with van der Waals surface area (Å²) in [5.41, 5.74) is 14.0. The molecule has 0 aliphatic heterocycles. The van der Waals surface area contributed by atoms with Gasteiger partial charge in [0.05, 0.1) is 0 Å². The van der Waals surface area contributed by atoms with Crippen LogP contribution in [-0.4, -0.2) is 0 Å². The molecule has 43 heavy (non-hydrogen) atoms. The van der Waals surface area contributed by atoms with Crippen LogP contribution in [0.5, 0.6) is 0 Å². The number of allylic oxidation sites excluding steroid dienone is 10. The first-order chi connectivity index (χ1) is 18.8. The third-order valence-corrected chi connectivity index (χ3v) is 20.2. The molecule has 0 aromatic heterocycles. The molecule has 1 fully saturated rings. The van der Waals surface area contributed by atoms with Gasteiger partial charge in [-0.05, 0) is 0 Å². The summed E-state index contributed by atoms with van der Waals surface area (Å²) in [7, 11) is 0. The largest absolute Gasteiger partial charge is 1.00 e. The first kappa shape index (κ1) is 35.2. The first-order valence-corrected chi connectivity index (χ1v) is 18.7. The Bertz CT molecular complexity index is 1500. The second-order valence-electron chi connectivity index (χ2n) is 17.0. The van der Waals surface area contributed by atoms with Crippen molar-refractivity contribution in [3.63, 3.8) is 0 Å². The van der Waals surface area contributed by atoms with E-state index < -0.39 is 23.2 Å². The van der Waals surface area contributed by atoms with Crippen LogP contribution in [0.2, 0.25) is 3.12 Å². The molecule has 0 spiro atoms. The van der Waals surface area contributed by atoms with Crippen molar-refractivity contribution in [2.24, 2.45) is 38.9 Å². The molecule has 0 nitrogen and oxygen atoms in total. The van der Waals surface area contributed by atoms with Crippen LogP contribution >= 0.6 is 0 Å². The van der Waals surface area contributed by atoms with E-state index in [2.05, 4.69) is 133 Å². The van der Waals surface area contributed by atoms with Crippen molar-refractivity contribution in [3.8, 4) is 0 Å². The second kappa shape index (κ2) is 10.7. The van der Waals surface area contributed by atoms with Crippen molar-refractivity contribution < 1.29 is 48.0 Å². The summed E-state index contributed by atoms with van der Waals surface area (Å²) < 4.78 is 2.06. The van der Waals surface area contributed by atoms with Gasteiger partial charge in [-0.3, -0.25) is 0 Å². The zero-order chi connectivity index (χ0) is 30.1. The van der Waals surface area contributed by atoms with Crippen molar-refractivity contribution in [2.45, 2.75) is 112 Å². The third kappa shape index (κ3) is 4.29. The number of rotatable bonds is 2. The SMILES string of the molecule is CC1=[C]([Zr+2][C]2(C)C3=C4Cc5ccccc5C4=C4C=CCCC4C3(C)C(C)(C)C(C)(C)C2(C)C)C(C)C=C1C(C)(C)C.[Cl-].[Cl-]. The number of benzene rings is 1. The minimum Gasteiger partial charge on any atom is -1.00 e. The summed E-state index contributed by atoms with van der Waals surface area (Å²) >= 11 is -1.10. The van der Waals surface area contributed by atoms with Crippen molar-refractivity contribution in [1.29, 1.82) is 0 Å². The zero-order valence-electron chi connectivity index (χ0n) is 29.1. The maximum atomic E-state index is 2.78. The molecule has 0 bridgehead atoms. The Labute approximate surface area is 287 Å². The molecule has 3 heteroatoms. The second-order valence-corrected chi connectivity index (χ2v) is 21.4. The number of hydrogen-bond donors (Lipinski definition) is 0. The van der Waals surface area contributed by atoms with Gasteiger partial charge in [-0.25, -0.2) is 0 Å². The van der Waals surface area contributed by atoms with E-state index in [9.17, 15) is 0 Å². The van der Waals surface area contributed by atoms with Crippen LogP contribution < -0.4 is 24.8 Å². The standard InChI is InChI=1S/C29H37.C11H17.2ClH.Zr/c1-18-25-22-17-19-13-9-10-14-20(19)24(22)21-15-11-12-16-23(21)29(25,8)28(6,7)27(4,5)26(18,2)3;1-8-6-9(2)10(7-8)11(3,4)5;;;/h9-11,13-15,23H,12,16-17H2,1-8H3;7-8H,1-5H3;2*1H;/q;;;;+2/p-2. The van der Waals surface area contributed by atoms with Gasteiger partial charge in [0.1, 0.15) is 0 Å². The molecular weight excluding hydrogens is 643 g/mol. The third-order valence-electron chi connectivity index (χ3n) is 14.1. The van der Waals surface area contributed by atoms with E-state index in [0.29, 0.717) is 11.8 Å². The molecule has 0 heterocycles. The molecule has 0 saturated heterocycles. The van der Waals surface area contributed by atoms with E-state index >= 15 is 0 Å². The Morgan fingerprint density at radius 3 is 2.09 bits per heavy atom. The van der Waals surface area contributed by atoms with Crippen LogP contribution in [-0.2, 0) is 29.7 Å². The van der Waals surface area contributed by atoms with E-state index in [4.69, 9.17) is 0 Å². The van der Waals surface area contributed by atoms with Crippen LogP contribution in [0.15, 0.2) is 73.6 Å². The molecule has 0 N–H and O–H groups in total. The Morgan fingerprint density at radius 1 is 0.860 bits per heavy atom. The summed E-state index contributed by atoms with van der Waals surface area (Å²) in [6.07, 6.45) is 11.3. The van der Waals surface area contributed by atoms with Gasteiger partial charge in [0.15, 0.2) is 0 Å². The van der Waals surface area contributed by atoms with Crippen LogP contribution in [0.1, 0.15) is 114 Å². The predicted molar refractivity (Wildman–Crippen MR) is 173 cm³/mol. The minimum absolute atomic E-state index is 0. The molecule has 5 aliphatic rings. The zero-order valence-corrected chi connectivity index (χ0v) is 33.0. The Morgan fingerprint density at radius 2 is 1.49 bits per heavy atom. The molecule has 1 aromatic rings. The molecule has 6 rings (SSSR count). The topological polar surface area (TPSA) is 0 Å². The summed E-state index contributed by atoms with van der Waals surface area (Å²) in [5, 5.41) is 0. The van der Waals surface area contributed by atoms with E-state index in [-0.39, 0.29) is 55.0 Å².